The molecule has 0 saturated heterocycles. The molecule has 6 rings (SSSR count). The summed E-state index contributed by atoms with van der Waals surface area (Å²) in [6.07, 6.45) is 9.50. The number of aryl methyl sites for hydroxylation is 1. The van der Waals surface area contributed by atoms with Crippen molar-refractivity contribution in [1.82, 2.24) is 20.3 Å². The van der Waals surface area contributed by atoms with Crippen LogP contribution < -0.4 is 9.88 Å². The van der Waals surface area contributed by atoms with Gasteiger partial charge in [-0.1, -0.05) is 54.6 Å². The van der Waals surface area contributed by atoms with Crippen molar-refractivity contribution in [2.45, 2.75) is 24.8 Å². The molecule has 5 nitrogen and oxygen atoms in total. The molecule has 0 atom stereocenters. The zero-order valence-electron chi connectivity index (χ0n) is 19.5. The number of rotatable bonds is 5. The summed E-state index contributed by atoms with van der Waals surface area (Å²) in [5.41, 5.74) is 8.67. The molecular formula is C29H28N5+. The molecular weight excluding hydrogens is 418 g/mol. The van der Waals surface area contributed by atoms with Gasteiger partial charge in [-0.2, -0.15) is 0 Å². The molecule has 0 amide bonds. The first-order chi connectivity index (χ1) is 16.6. The number of fused-ring (bicyclic) bond motifs is 1. The summed E-state index contributed by atoms with van der Waals surface area (Å²) in [6.45, 7) is 0. The van der Waals surface area contributed by atoms with Gasteiger partial charge >= 0.3 is 0 Å². The van der Waals surface area contributed by atoms with E-state index in [0.717, 1.165) is 44.7 Å². The largest absolute Gasteiger partial charge is 0.310 e. The summed E-state index contributed by atoms with van der Waals surface area (Å²) in [6, 6.07) is 23.8. The van der Waals surface area contributed by atoms with Crippen LogP contribution in [0.4, 0.5) is 0 Å². The van der Waals surface area contributed by atoms with Crippen LogP contribution in [0, 0.1) is 0 Å². The van der Waals surface area contributed by atoms with Crippen molar-refractivity contribution in [3.63, 3.8) is 0 Å². The summed E-state index contributed by atoms with van der Waals surface area (Å²) >= 11 is 0. The number of aromatic nitrogens is 4. The average Bonchev–Trinajstić information content (AvgIpc) is 3.30. The van der Waals surface area contributed by atoms with Gasteiger partial charge in [0.05, 0.1) is 24.5 Å². The first-order valence-corrected chi connectivity index (χ1v) is 11.9. The molecule has 1 aliphatic carbocycles. The van der Waals surface area contributed by atoms with Crippen molar-refractivity contribution >= 4 is 10.9 Å². The van der Waals surface area contributed by atoms with Crippen molar-refractivity contribution in [3.05, 3.63) is 91.0 Å². The Bertz CT molecular complexity index is 1460. The molecule has 1 saturated carbocycles. The van der Waals surface area contributed by atoms with E-state index in [1.807, 2.05) is 30.3 Å². The smallest absolute Gasteiger partial charge is 0.241 e. The minimum Gasteiger partial charge on any atom is -0.310 e. The summed E-state index contributed by atoms with van der Waals surface area (Å²) in [7, 11) is 4.07. The van der Waals surface area contributed by atoms with E-state index in [1.165, 1.54) is 24.8 Å². The molecule has 168 valence electrons. The standard InChI is InChI=1S/C29H27N5/c1-30-29(13-6-14-29)23-11-9-21(10-12-23)28-24(20-7-4-3-5-8-20)15-22-16-25(31-17-26(22)33-28)27-18-34(2)19-32-27/h3-5,7-12,15-19,30H,6,13-14H2,1-2H3/p+1. The number of nitrogens with zero attached hydrogens (tertiary/aromatic N) is 3. The van der Waals surface area contributed by atoms with Crippen molar-refractivity contribution < 1.29 is 4.57 Å². The van der Waals surface area contributed by atoms with Crippen LogP contribution in [0.2, 0.25) is 0 Å². The summed E-state index contributed by atoms with van der Waals surface area (Å²) < 4.78 is 1.99. The fourth-order valence-electron chi connectivity index (χ4n) is 5.03. The number of nitrogens with one attached hydrogen (secondary N) is 2. The predicted octanol–water partition coefficient (Wildman–Crippen LogP) is 5.38. The van der Waals surface area contributed by atoms with E-state index in [4.69, 9.17) is 4.98 Å². The number of pyridine rings is 2. The highest BCUT2D eigenvalue weighted by atomic mass is 15.0. The zero-order valence-corrected chi connectivity index (χ0v) is 19.5. The molecule has 0 bridgehead atoms. The highest BCUT2D eigenvalue weighted by Gasteiger charge is 2.36. The maximum Gasteiger partial charge on any atom is 0.241 e. The number of benzene rings is 2. The van der Waals surface area contributed by atoms with Crippen molar-refractivity contribution in [3.8, 4) is 33.8 Å². The second-order valence-electron chi connectivity index (χ2n) is 9.26. The van der Waals surface area contributed by atoms with E-state index in [9.17, 15) is 0 Å². The minimum atomic E-state index is 0.131. The summed E-state index contributed by atoms with van der Waals surface area (Å²) in [5, 5.41) is 4.62. The van der Waals surface area contributed by atoms with Crippen molar-refractivity contribution in [1.29, 1.82) is 0 Å². The number of imidazole rings is 1. The molecule has 0 radical (unpaired) electrons. The first kappa shape index (κ1) is 20.8. The molecule has 2 N–H and O–H groups in total. The van der Waals surface area contributed by atoms with Crippen LogP contribution in [-0.2, 0) is 12.6 Å². The summed E-state index contributed by atoms with van der Waals surface area (Å²) in [5.74, 6) is 0. The van der Waals surface area contributed by atoms with E-state index in [1.54, 1.807) is 0 Å². The predicted molar refractivity (Wildman–Crippen MR) is 136 cm³/mol. The van der Waals surface area contributed by atoms with Crippen LogP contribution in [-0.4, -0.2) is 22.0 Å². The number of H-pyrrole nitrogens is 1. The Balaban J connectivity index is 1.49. The van der Waals surface area contributed by atoms with E-state index < -0.39 is 0 Å². The van der Waals surface area contributed by atoms with Crippen LogP contribution in [0.5, 0.6) is 0 Å². The van der Waals surface area contributed by atoms with Crippen molar-refractivity contribution in [2.24, 2.45) is 7.05 Å². The lowest BCUT2D eigenvalue weighted by Crippen LogP contribution is -2.45. The number of hydrogen-bond donors (Lipinski definition) is 2. The SMILES string of the molecule is CNC1(c2ccc(-c3nc4cnc(-c5c[n+](C)c[nH]5)cc4cc3-c3ccccc3)cc2)CCC1. The third-order valence-corrected chi connectivity index (χ3v) is 7.21. The average molecular weight is 447 g/mol. The van der Waals surface area contributed by atoms with Gasteiger partial charge in [-0.3, -0.25) is 0 Å². The normalized spacial score (nSPS) is 14.8. The Morgan fingerprint density at radius 2 is 1.76 bits per heavy atom. The molecule has 1 fully saturated rings. The van der Waals surface area contributed by atoms with Gasteiger partial charge in [0.15, 0.2) is 5.69 Å². The highest BCUT2D eigenvalue weighted by molar-refractivity contribution is 5.92. The second kappa shape index (κ2) is 8.19. The van der Waals surface area contributed by atoms with Gasteiger partial charge in [0.1, 0.15) is 11.9 Å². The first-order valence-electron chi connectivity index (χ1n) is 11.9. The van der Waals surface area contributed by atoms with Crippen LogP contribution in [0.3, 0.4) is 0 Å². The Labute approximate surface area is 199 Å². The number of aromatic amines is 1. The topological polar surface area (TPSA) is 57.5 Å². The van der Waals surface area contributed by atoms with E-state index in [-0.39, 0.29) is 5.54 Å². The van der Waals surface area contributed by atoms with Crippen LogP contribution >= 0.6 is 0 Å². The third kappa shape index (κ3) is 3.49. The van der Waals surface area contributed by atoms with Crippen molar-refractivity contribution in [2.75, 3.05) is 7.05 Å². The fraction of sp³-hybridized carbons (Fsp3) is 0.207. The minimum absolute atomic E-state index is 0.131. The van der Waals surface area contributed by atoms with E-state index in [2.05, 4.69) is 89.1 Å². The Morgan fingerprint density at radius 1 is 0.971 bits per heavy atom. The summed E-state index contributed by atoms with van der Waals surface area (Å²) in [4.78, 5) is 13.1. The van der Waals surface area contributed by atoms with Crippen LogP contribution in [0.25, 0.3) is 44.7 Å². The van der Waals surface area contributed by atoms with Gasteiger partial charge in [-0.15, -0.1) is 0 Å². The molecule has 0 unspecified atom stereocenters. The van der Waals surface area contributed by atoms with E-state index >= 15 is 0 Å². The third-order valence-electron chi connectivity index (χ3n) is 7.21. The fourth-order valence-corrected chi connectivity index (χ4v) is 5.03. The molecule has 5 aromatic rings. The van der Waals surface area contributed by atoms with Crippen LogP contribution in [0.15, 0.2) is 85.5 Å². The molecule has 5 heteroatoms. The molecule has 3 aromatic heterocycles. The van der Waals surface area contributed by atoms with Crippen LogP contribution in [0.1, 0.15) is 24.8 Å². The maximum atomic E-state index is 5.11. The highest BCUT2D eigenvalue weighted by Crippen LogP contribution is 2.42. The lowest BCUT2D eigenvalue weighted by atomic mass is 9.72. The quantitative estimate of drug-likeness (QED) is 0.356. The van der Waals surface area contributed by atoms with Gasteiger partial charge in [-0.05, 0) is 49.6 Å². The van der Waals surface area contributed by atoms with E-state index in [0.29, 0.717) is 0 Å². The van der Waals surface area contributed by atoms with Gasteiger partial charge in [-0.25, -0.2) is 19.5 Å². The van der Waals surface area contributed by atoms with Gasteiger partial charge < -0.3 is 5.32 Å². The van der Waals surface area contributed by atoms with Gasteiger partial charge in [0, 0.05) is 22.1 Å². The second-order valence-corrected chi connectivity index (χ2v) is 9.26. The van der Waals surface area contributed by atoms with Gasteiger partial charge in [0.25, 0.3) is 0 Å². The van der Waals surface area contributed by atoms with Gasteiger partial charge in [0.2, 0.25) is 6.33 Å². The molecule has 0 aliphatic heterocycles. The molecule has 0 spiro atoms. The molecule has 34 heavy (non-hydrogen) atoms. The Hall–Kier alpha value is -3.83. The Kier molecular flexibility index (Phi) is 5.00. The number of hydrogen-bond acceptors (Lipinski definition) is 3. The zero-order chi connectivity index (χ0) is 23.1. The lowest BCUT2D eigenvalue weighted by molar-refractivity contribution is -0.669. The maximum absolute atomic E-state index is 5.11. The lowest BCUT2D eigenvalue weighted by Gasteiger charge is -2.42. The Morgan fingerprint density at radius 3 is 2.41 bits per heavy atom. The molecule has 3 heterocycles. The monoisotopic (exact) mass is 446 g/mol. The molecule has 1 aliphatic rings. The molecule has 2 aromatic carbocycles.